The zero-order chi connectivity index (χ0) is 18.3. The number of aliphatic hydroxyl groups excluding tert-OH is 1. The van der Waals surface area contributed by atoms with Crippen molar-refractivity contribution < 1.29 is 33.3 Å². The van der Waals surface area contributed by atoms with Crippen LogP contribution < -0.4 is 15.8 Å². The minimum absolute atomic E-state index is 0.00606. The van der Waals surface area contributed by atoms with E-state index in [4.69, 9.17) is 22.4 Å². The van der Waals surface area contributed by atoms with Gasteiger partial charge in [-0.1, -0.05) is 11.6 Å². The van der Waals surface area contributed by atoms with Gasteiger partial charge in [-0.2, -0.15) is 8.78 Å². The third kappa shape index (κ3) is 6.65. The molecule has 1 aromatic rings. The van der Waals surface area contributed by atoms with Crippen LogP contribution in [0.3, 0.4) is 0 Å². The fourth-order valence-corrected chi connectivity index (χ4v) is 2.22. The van der Waals surface area contributed by atoms with Crippen molar-refractivity contribution in [3.05, 3.63) is 28.8 Å². The maximum absolute atomic E-state index is 11.9. The number of rotatable bonds is 5. The van der Waals surface area contributed by atoms with E-state index in [9.17, 15) is 23.5 Å². The molecule has 1 fully saturated rings. The fraction of sp³-hybridized carbons (Fsp3) is 0.429. The van der Waals surface area contributed by atoms with Crippen molar-refractivity contribution in [2.24, 2.45) is 5.73 Å². The maximum Gasteiger partial charge on any atom is 0.387 e. The van der Waals surface area contributed by atoms with Gasteiger partial charge in [-0.25, -0.2) is 4.79 Å². The van der Waals surface area contributed by atoms with E-state index in [1.807, 2.05) is 0 Å². The Morgan fingerprint density at radius 1 is 1.38 bits per heavy atom. The summed E-state index contributed by atoms with van der Waals surface area (Å²) in [6, 6.07) is 3.18. The summed E-state index contributed by atoms with van der Waals surface area (Å²) in [6.07, 6.45) is 0.155. The Morgan fingerprint density at radius 2 is 2.04 bits per heavy atom. The molecule has 1 aromatic carbocycles. The van der Waals surface area contributed by atoms with Gasteiger partial charge < -0.3 is 26.0 Å². The van der Waals surface area contributed by atoms with Gasteiger partial charge in [0.1, 0.15) is 5.75 Å². The van der Waals surface area contributed by atoms with E-state index in [-0.39, 0.29) is 28.3 Å². The van der Waals surface area contributed by atoms with Crippen LogP contribution in [-0.4, -0.2) is 41.3 Å². The zero-order valence-electron chi connectivity index (χ0n) is 12.4. The molecule has 5 N–H and O–H groups in total. The molecule has 0 spiro atoms. The average Bonchev–Trinajstić information content (AvgIpc) is 3.00. The molecule has 0 radical (unpaired) electrons. The van der Waals surface area contributed by atoms with Gasteiger partial charge in [0.2, 0.25) is 5.91 Å². The number of nitrogens with one attached hydrogen (secondary N) is 1. The predicted octanol–water partition coefficient (Wildman–Crippen LogP) is 1.28. The van der Waals surface area contributed by atoms with Crippen molar-refractivity contribution in [3.63, 3.8) is 0 Å². The molecule has 10 heteroatoms. The average molecular weight is 367 g/mol. The van der Waals surface area contributed by atoms with Crippen molar-refractivity contribution in [2.75, 3.05) is 6.54 Å². The van der Waals surface area contributed by atoms with Crippen LogP contribution in [0, 0.1) is 0 Å². The SMILES string of the molecule is NC(=O)[C@H]1CCCN1.O=C(O)[C@H](O)c1cc(Cl)cc(OC(F)F)c1. The van der Waals surface area contributed by atoms with Gasteiger partial charge >= 0.3 is 12.6 Å². The first-order chi connectivity index (χ1) is 11.2. The third-order valence-corrected chi connectivity index (χ3v) is 3.29. The normalized spacial score (nSPS) is 17.8. The highest BCUT2D eigenvalue weighted by Crippen LogP contribution is 2.26. The van der Waals surface area contributed by atoms with E-state index in [0.29, 0.717) is 0 Å². The summed E-state index contributed by atoms with van der Waals surface area (Å²) in [5, 5.41) is 20.7. The summed E-state index contributed by atoms with van der Waals surface area (Å²) in [6.45, 7) is -2.11. The van der Waals surface area contributed by atoms with E-state index < -0.39 is 18.7 Å². The maximum atomic E-state index is 11.9. The Labute approximate surface area is 141 Å². The molecule has 1 aliphatic rings. The van der Waals surface area contributed by atoms with Gasteiger partial charge in [-0.15, -0.1) is 0 Å². The van der Waals surface area contributed by atoms with Crippen LogP contribution >= 0.6 is 11.6 Å². The number of ether oxygens (including phenoxy) is 1. The number of primary amides is 1. The van der Waals surface area contributed by atoms with Gasteiger partial charge in [0.25, 0.3) is 0 Å². The number of hydrogen-bond acceptors (Lipinski definition) is 5. The summed E-state index contributed by atoms with van der Waals surface area (Å²) in [4.78, 5) is 20.8. The summed E-state index contributed by atoms with van der Waals surface area (Å²) >= 11 is 5.55. The molecule has 0 bridgehead atoms. The van der Waals surface area contributed by atoms with Crippen LogP contribution in [0.15, 0.2) is 18.2 Å². The highest BCUT2D eigenvalue weighted by Gasteiger charge is 2.19. The van der Waals surface area contributed by atoms with E-state index >= 15 is 0 Å². The standard InChI is InChI=1S/C9H7ClF2O4.C5H10N2O/c10-5-1-4(7(13)8(14)15)2-6(3-5)16-9(11)12;6-5(8)4-2-1-3-7-4/h1-3,7,9,13H,(H,14,15);4,7H,1-3H2,(H2,6,8)/t7-;4-/m11/s1. The Morgan fingerprint density at radius 3 is 2.46 bits per heavy atom. The molecule has 0 aromatic heterocycles. The van der Waals surface area contributed by atoms with Crippen LogP contribution in [0.25, 0.3) is 0 Å². The summed E-state index contributed by atoms with van der Waals surface area (Å²) < 4.78 is 27.8. The lowest BCUT2D eigenvalue weighted by Crippen LogP contribution is -2.36. The first-order valence-electron chi connectivity index (χ1n) is 6.89. The molecule has 0 aliphatic carbocycles. The number of alkyl halides is 2. The number of carbonyl (C=O) groups is 2. The Bertz CT molecular complexity index is 582. The first-order valence-corrected chi connectivity index (χ1v) is 7.27. The molecular formula is C14H17ClF2N2O5. The molecule has 1 amide bonds. The Hall–Kier alpha value is -1.97. The topological polar surface area (TPSA) is 122 Å². The van der Waals surface area contributed by atoms with Crippen molar-refractivity contribution in [2.45, 2.75) is 31.6 Å². The number of carbonyl (C=O) groups excluding carboxylic acids is 1. The number of aliphatic hydroxyl groups is 1. The second-order valence-corrected chi connectivity index (χ2v) is 5.33. The van der Waals surface area contributed by atoms with Crippen molar-refractivity contribution in [1.29, 1.82) is 0 Å². The van der Waals surface area contributed by atoms with Crippen LogP contribution in [0.1, 0.15) is 24.5 Å². The van der Waals surface area contributed by atoms with Crippen LogP contribution in [0.4, 0.5) is 8.78 Å². The quantitative estimate of drug-likeness (QED) is 0.622. The number of aliphatic carboxylic acids is 1. The van der Waals surface area contributed by atoms with Gasteiger partial charge in [0.15, 0.2) is 6.10 Å². The van der Waals surface area contributed by atoms with Crippen molar-refractivity contribution >= 4 is 23.5 Å². The molecule has 1 saturated heterocycles. The molecule has 7 nitrogen and oxygen atoms in total. The molecule has 0 saturated carbocycles. The number of nitrogens with two attached hydrogens (primary N) is 1. The minimum Gasteiger partial charge on any atom is -0.479 e. The Balaban J connectivity index is 0.000000300. The number of halogens is 3. The lowest BCUT2D eigenvalue weighted by atomic mass is 10.1. The van der Waals surface area contributed by atoms with E-state index in [2.05, 4.69) is 10.1 Å². The van der Waals surface area contributed by atoms with Crippen LogP contribution in [0.5, 0.6) is 5.75 Å². The summed E-state index contributed by atoms with van der Waals surface area (Å²) in [5.74, 6) is -2.04. The molecule has 2 rings (SSSR count). The predicted molar refractivity (Wildman–Crippen MR) is 80.9 cm³/mol. The molecule has 1 aliphatic heterocycles. The number of carboxylic acid groups (broad SMARTS) is 1. The van der Waals surface area contributed by atoms with Gasteiger partial charge in [-0.05, 0) is 43.1 Å². The highest BCUT2D eigenvalue weighted by molar-refractivity contribution is 6.30. The van der Waals surface area contributed by atoms with Crippen LogP contribution in [-0.2, 0) is 9.59 Å². The molecular weight excluding hydrogens is 350 g/mol. The number of benzene rings is 1. The van der Waals surface area contributed by atoms with Gasteiger partial charge in [0.05, 0.1) is 6.04 Å². The summed E-state index contributed by atoms with van der Waals surface area (Å²) in [7, 11) is 0. The van der Waals surface area contributed by atoms with E-state index in [0.717, 1.165) is 37.6 Å². The lowest BCUT2D eigenvalue weighted by Gasteiger charge is -2.10. The van der Waals surface area contributed by atoms with Crippen molar-refractivity contribution in [1.82, 2.24) is 5.32 Å². The molecule has 24 heavy (non-hydrogen) atoms. The van der Waals surface area contributed by atoms with Crippen LogP contribution in [0.2, 0.25) is 5.02 Å². The summed E-state index contributed by atoms with van der Waals surface area (Å²) in [5.41, 5.74) is 4.87. The fourth-order valence-electron chi connectivity index (χ4n) is 1.98. The molecule has 2 atom stereocenters. The first kappa shape index (κ1) is 20.1. The second kappa shape index (κ2) is 9.36. The molecule has 0 unspecified atom stereocenters. The highest BCUT2D eigenvalue weighted by atomic mass is 35.5. The zero-order valence-corrected chi connectivity index (χ0v) is 13.2. The third-order valence-electron chi connectivity index (χ3n) is 3.07. The smallest absolute Gasteiger partial charge is 0.387 e. The van der Waals surface area contributed by atoms with Crippen molar-refractivity contribution in [3.8, 4) is 5.75 Å². The molecule has 134 valence electrons. The van der Waals surface area contributed by atoms with E-state index in [1.165, 1.54) is 0 Å². The largest absolute Gasteiger partial charge is 0.479 e. The van der Waals surface area contributed by atoms with E-state index in [1.54, 1.807) is 0 Å². The second-order valence-electron chi connectivity index (χ2n) is 4.89. The Kier molecular flexibility index (Phi) is 7.83. The lowest BCUT2D eigenvalue weighted by molar-refractivity contribution is -0.147. The number of amides is 1. The minimum atomic E-state index is -3.05. The number of carboxylic acids is 1. The molecule has 1 heterocycles. The van der Waals surface area contributed by atoms with Gasteiger partial charge in [0, 0.05) is 5.02 Å². The van der Waals surface area contributed by atoms with Gasteiger partial charge in [-0.3, -0.25) is 4.79 Å². The number of hydrogen-bond donors (Lipinski definition) is 4. The monoisotopic (exact) mass is 366 g/mol.